The second kappa shape index (κ2) is 6.83. The maximum absolute atomic E-state index is 11.6. The number of carbonyl (C=O) groups is 2. The van der Waals surface area contributed by atoms with Crippen LogP contribution in [0, 0.1) is 0 Å². The zero-order valence-electron chi connectivity index (χ0n) is 10.1. The molecule has 1 aliphatic heterocycles. The highest BCUT2D eigenvalue weighted by Gasteiger charge is 2.10. The van der Waals surface area contributed by atoms with E-state index in [1.54, 1.807) is 11.9 Å². The van der Waals surface area contributed by atoms with Gasteiger partial charge in [-0.25, -0.2) is 0 Å². The summed E-state index contributed by atoms with van der Waals surface area (Å²) >= 11 is 0. The van der Waals surface area contributed by atoms with Crippen LogP contribution in [0.5, 0.6) is 0 Å². The number of carbonyl (C=O) groups excluding carboxylic acids is 1. The van der Waals surface area contributed by atoms with E-state index in [9.17, 15) is 9.59 Å². The lowest BCUT2D eigenvalue weighted by atomic mass is 10.1. The Morgan fingerprint density at radius 1 is 1.47 bits per heavy atom. The van der Waals surface area contributed by atoms with Crippen LogP contribution in [-0.2, 0) is 9.59 Å². The van der Waals surface area contributed by atoms with Gasteiger partial charge in [0.2, 0.25) is 5.91 Å². The van der Waals surface area contributed by atoms with Crippen molar-refractivity contribution in [3.63, 3.8) is 0 Å². The molecule has 0 aromatic carbocycles. The predicted molar refractivity (Wildman–Crippen MR) is 64.9 cm³/mol. The molecule has 1 N–H and O–H groups in total. The van der Waals surface area contributed by atoms with Crippen LogP contribution in [0.15, 0.2) is 16.8 Å². The van der Waals surface area contributed by atoms with Gasteiger partial charge in [-0.3, -0.25) is 14.6 Å². The highest BCUT2D eigenvalue weighted by atomic mass is 16.4. The van der Waals surface area contributed by atoms with E-state index in [1.807, 2.05) is 12.4 Å². The Bertz CT molecular complexity index is 348. The molecule has 0 radical (unpaired) electrons. The largest absolute Gasteiger partial charge is 0.481 e. The standard InChI is InChI=1S/C12H18N2O3/c1-14(8-6-10-5-7-13-9-10)11(15)3-2-4-12(16)17/h7,9H,2-6,8H2,1H3,(H,16,17). The maximum atomic E-state index is 11.6. The average Bonchev–Trinajstić information content (AvgIpc) is 2.78. The minimum absolute atomic E-state index is 0.00534. The molecule has 0 aromatic heterocycles. The second-order valence-corrected chi connectivity index (χ2v) is 4.14. The lowest BCUT2D eigenvalue weighted by Gasteiger charge is -2.17. The third-order valence-electron chi connectivity index (χ3n) is 2.69. The fourth-order valence-corrected chi connectivity index (χ4v) is 1.57. The number of aliphatic carboxylic acids is 1. The molecule has 0 unspecified atom stereocenters. The Hall–Kier alpha value is -1.65. The fourth-order valence-electron chi connectivity index (χ4n) is 1.57. The summed E-state index contributed by atoms with van der Waals surface area (Å²) in [5, 5.41) is 8.47. The summed E-state index contributed by atoms with van der Waals surface area (Å²) in [5.74, 6) is -0.848. The Kier molecular flexibility index (Phi) is 5.39. The van der Waals surface area contributed by atoms with Gasteiger partial charge in [0.25, 0.3) is 0 Å². The van der Waals surface area contributed by atoms with E-state index in [-0.39, 0.29) is 12.3 Å². The van der Waals surface area contributed by atoms with Crippen molar-refractivity contribution in [1.29, 1.82) is 0 Å². The molecule has 0 spiro atoms. The molecule has 0 bridgehead atoms. The number of nitrogens with zero attached hydrogens (tertiary/aromatic N) is 2. The van der Waals surface area contributed by atoms with Gasteiger partial charge in [0, 0.05) is 45.3 Å². The zero-order chi connectivity index (χ0) is 12.7. The quantitative estimate of drug-likeness (QED) is 0.729. The van der Waals surface area contributed by atoms with Gasteiger partial charge in [0.05, 0.1) is 0 Å². The summed E-state index contributed by atoms with van der Waals surface area (Å²) in [5.41, 5.74) is 1.23. The van der Waals surface area contributed by atoms with Crippen LogP contribution in [0.2, 0.25) is 0 Å². The van der Waals surface area contributed by atoms with Gasteiger partial charge in [0.1, 0.15) is 0 Å². The van der Waals surface area contributed by atoms with E-state index in [4.69, 9.17) is 5.11 Å². The molecule has 1 amide bonds. The first-order valence-electron chi connectivity index (χ1n) is 5.75. The summed E-state index contributed by atoms with van der Waals surface area (Å²) in [4.78, 5) is 27.6. The van der Waals surface area contributed by atoms with Crippen LogP contribution in [0.25, 0.3) is 0 Å². The molecule has 94 valence electrons. The number of hydrogen-bond donors (Lipinski definition) is 1. The van der Waals surface area contributed by atoms with Crippen LogP contribution in [0.4, 0.5) is 0 Å². The molecule has 1 rings (SSSR count). The Balaban J connectivity index is 2.15. The van der Waals surface area contributed by atoms with E-state index in [2.05, 4.69) is 4.99 Å². The minimum Gasteiger partial charge on any atom is -0.481 e. The number of carboxylic acids is 1. The summed E-state index contributed by atoms with van der Waals surface area (Å²) < 4.78 is 0. The van der Waals surface area contributed by atoms with E-state index >= 15 is 0 Å². The summed E-state index contributed by atoms with van der Waals surface area (Å²) in [6.45, 7) is 0.668. The molecular weight excluding hydrogens is 220 g/mol. The Morgan fingerprint density at radius 3 is 2.82 bits per heavy atom. The van der Waals surface area contributed by atoms with Gasteiger partial charge in [-0.05, 0) is 18.4 Å². The van der Waals surface area contributed by atoms with Gasteiger partial charge >= 0.3 is 5.97 Å². The first kappa shape index (κ1) is 13.4. The van der Waals surface area contributed by atoms with Crippen molar-refractivity contribution in [2.45, 2.75) is 32.1 Å². The van der Waals surface area contributed by atoms with Crippen molar-refractivity contribution in [2.24, 2.45) is 4.99 Å². The topological polar surface area (TPSA) is 70.0 Å². The Morgan fingerprint density at radius 2 is 2.24 bits per heavy atom. The third-order valence-corrected chi connectivity index (χ3v) is 2.69. The molecule has 0 fully saturated rings. The summed E-state index contributed by atoms with van der Waals surface area (Å²) in [6.07, 6.45) is 6.16. The highest BCUT2D eigenvalue weighted by molar-refractivity contribution is 5.76. The van der Waals surface area contributed by atoms with Crippen LogP contribution in [-0.4, -0.2) is 41.7 Å². The Labute approximate surface area is 101 Å². The van der Waals surface area contributed by atoms with E-state index in [0.717, 1.165) is 12.8 Å². The zero-order valence-corrected chi connectivity index (χ0v) is 10.1. The van der Waals surface area contributed by atoms with Gasteiger partial charge in [-0.2, -0.15) is 0 Å². The molecule has 0 aliphatic carbocycles. The van der Waals surface area contributed by atoms with Gasteiger partial charge in [0.15, 0.2) is 0 Å². The van der Waals surface area contributed by atoms with Crippen LogP contribution in [0.1, 0.15) is 32.1 Å². The van der Waals surface area contributed by atoms with Crippen molar-refractivity contribution in [1.82, 2.24) is 4.90 Å². The smallest absolute Gasteiger partial charge is 0.303 e. The lowest BCUT2D eigenvalue weighted by Crippen LogP contribution is -2.27. The van der Waals surface area contributed by atoms with Crippen LogP contribution >= 0.6 is 0 Å². The normalized spacial score (nSPS) is 13.6. The molecule has 5 heteroatoms. The predicted octanol–water partition coefficient (Wildman–Crippen LogP) is 1.45. The lowest BCUT2D eigenvalue weighted by molar-refractivity contribution is -0.137. The van der Waals surface area contributed by atoms with Crippen molar-refractivity contribution in [2.75, 3.05) is 13.6 Å². The first-order chi connectivity index (χ1) is 8.09. The van der Waals surface area contributed by atoms with E-state index in [1.165, 1.54) is 5.57 Å². The van der Waals surface area contributed by atoms with Crippen molar-refractivity contribution >= 4 is 18.1 Å². The molecule has 0 aromatic rings. The molecular formula is C12H18N2O3. The number of rotatable bonds is 7. The minimum atomic E-state index is -0.853. The van der Waals surface area contributed by atoms with Gasteiger partial charge in [-0.15, -0.1) is 0 Å². The molecule has 1 heterocycles. The molecule has 0 saturated heterocycles. The SMILES string of the molecule is CN(CCC1=CN=CC1)C(=O)CCCC(=O)O. The molecule has 1 aliphatic rings. The number of hydrogen-bond acceptors (Lipinski definition) is 3. The van der Waals surface area contributed by atoms with Crippen LogP contribution in [0.3, 0.4) is 0 Å². The number of amides is 1. The van der Waals surface area contributed by atoms with Gasteiger partial charge in [-0.1, -0.05) is 0 Å². The van der Waals surface area contributed by atoms with Crippen LogP contribution < -0.4 is 0 Å². The van der Waals surface area contributed by atoms with Crippen molar-refractivity contribution in [3.05, 3.63) is 11.8 Å². The molecule has 17 heavy (non-hydrogen) atoms. The van der Waals surface area contributed by atoms with Gasteiger partial charge < -0.3 is 10.0 Å². The number of aliphatic imine (C=N–C) groups is 1. The second-order valence-electron chi connectivity index (χ2n) is 4.14. The molecule has 0 saturated carbocycles. The van der Waals surface area contributed by atoms with E-state index < -0.39 is 5.97 Å². The third kappa shape index (κ3) is 5.29. The first-order valence-corrected chi connectivity index (χ1v) is 5.75. The van der Waals surface area contributed by atoms with Crippen molar-refractivity contribution < 1.29 is 14.7 Å². The monoisotopic (exact) mass is 238 g/mol. The summed E-state index contributed by atoms with van der Waals surface area (Å²) in [7, 11) is 1.75. The average molecular weight is 238 g/mol. The van der Waals surface area contributed by atoms with Crippen molar-refractivity contribution in [3.8, 4) is 0 Å². The number of carboxylic acid groups (broad SMARTS) is 1. The highest BCUT2D eigenvalue weighted by Crippen LogP contribution is 2.11. The maximum Gasteiger partial charge on any atom is 0.303 e. The molecule has 5 nitrogen and oxygen atoms in total. The molecule has 0 atom stereocenters. The van der Waals surface area contributed by atoms with E-state index in [0.29, 0.717) is 19.4 Å². The fraction of sp³-hybridized carbons (Fsp3) is 0.583. The summed E-state index contributed by atoms with van der Waals surface area (Å²) in [6, 6.07) is 0.